The number of ether oxygens (including phenoxy) is 4. The highest BCUT2D eigenvalue weighted by Gasteiger charge is 2.53. The molecule has 56 heavy (non-hydrogen) atoms. The van der Waals surface area contributed by atoms with Crippen molar-refractivity contribution < 1.29 is 68.1 Å². The van der Waals surface area contributed by atoms with Gasteiger partial charge in [-0.15, -0.1) is 0 Å². The second-order valence-corrected chi connectivity index (χ2v) is 15.2. The number of fused-ring (bicyclic) bond motifs is 12. The van der Waals surface area contributed by atoms with Gasteiger partial charge >= 0.3 is 11.8 Å². The van der Waals surface area contributed by atoms with E-state index >= 15 is 0 Å². The summed E-state index contributed by atoms with van der Waals surface area (Å²) in [4.78, 5) is 81.9. The zero-order valence-corrected chi connectivity index (χ0v) is 32.6. The summed E-state index contributed by atoms with van der Waals surface area (Å²) in [6.07, 6.45) is -0.110. The Balaban J connectivity index is 1.64. The fraction of sp³-hybridized carbons (Fsp3) is 0.550. The number of Topliss-reactive ketones (excluding diaryl/α,β-unsaturated/α-hetero) is 3. The minimum Gasteiger partial charge on any atom is -0.507 e. The van der Waals surface area contributed by atoms with E-state index in [1.807, 2.05) is 0 Å². The van der Waals surface area contributed by atoms with Crippen LogP contribution in [0.3, 0.4) is 0 Å². The van der Waals surface area contributed by atoms with Gasteiger partial charge in [0.25, 0.3) is 11.7 Å². The number of allylic oxidation sites excluding steroid dienone is 3. The van der Waals surface area contributed by atoms with Gasteiger partial charge in [-0.2, -0.15) is 0 Å². The number of rotatable bonds is 6. The van der Waals surface area contributed by atoms with Gasteiger partial charge in [-0.3, -0.25) is 28.8 Å². The second kappa shape index (κ2) is 16.3. The molecule has 304 valence electrons. The van der Waals surface area contributed by atoms with Gasteiger partial charge in [-0.05, 0) is 44.8 Å². The van der Waals surface area contributed by atoms with Crippen LogP contribution >= 0.6 is 0 Å². The maximum atomic E-state index is 14.3. The fourth-order valence-electron chi connectivity index (χ4n) is 7.80. The lowest BCUT2D eigenvalue weighted by Crippen LogP contribution is -2.46. The number of phenols is 1. The highest BCUT2D eigenvalue weighted by atomic mass is 16.7. The molecule has 16 nitrogen and oxygen atoms in total. The van der Waals surface area contributed by atoms with E-state index in [4.69, 9.17) is 18.9 Å². The molecule has 6 N–H and O–H groups in total. The van der Waals surface area contributed by atoms with Gasteiger partial charge in [0, 0.05) is 68.9 Å². The molecule has 16 heteroatoms. The number of hydrogen-bond donors (Lipinski definition) is 6. The number of aliphatic hydroxyl groups excluding tert-OH is 3. The molecule has 5 bridgehead atoms. The van der Waals surface area contributed by atoms with Gasteiger partial charge in [0.1, 0.15) is 29.0 Å². The van der Waals surface area contributed by atoms with Crippen molar-refractivity contribution in [2.45, 2.75) is 91.5 Å². The number of hydrogen-bond acceptors (Lipinski definition) is 15. The van der Waals surface area contributed by atoms with E-state index in [0.29, 0.717) is 0 Å². The average Bonchev–Trinajstić information content (AvgIpc) is 3.92. The van der Waals surface area contributed by atoms with Crippen molar-refractivity contribution in [1.29, 1.82) is 0 Å². The third-order valence-corrected chi connectivity index (χ3v) is 11.3. The van der Waals surface area contributed by atoms with Crippen molar-refractivity contribution in [3.8, 4) is 11.5 Å². The highest BCUT2D eigenvalue weighted by Crippen LogP contribution is 2.49. The van der Waals surface area contributed by atoms with Crippen LogP contribution in [0.25, 0.3) is 0 Å². The third-order valence-electron chi connectivity index (χ3n) is 11.3. The molecule has 0 spiro atoms. The van der Waals surface area contributed by atoms with Crippen LogP contribution in [0.5, 0.6) is 11.5 Å². The van der Waals surface area contributed by atoms with Crippen LogP contribution in [0.15, 0.2) is 35.4 Å². The smallest absolute Gasteiger partial charge is 0.312 e. The molecule has 5 aliphatic rings. The maximum Gasteiger partial charge on any atom is 0.312 e. The van der Waals surface area contributed by atoms with Crippen LogP contribution in [0, 0.1) is 36.5 Å². The molecule has 2 aliphatic carbocycles. The Hall–Kier alpha value is -4.90. The quantitative estimate of drug-likeness (QED) is 0.178. The summed E-state index contributed by atoms with van der Waals surface area (Å²) >= 11 is 0. The van der Waals surface area contributed by atoms with E-state index in [9.17, 15) is 49.2 Å². The predicted molar refractivity (Wildman–Crippen MR) is 196 cm³/mol. The summed E-state index contributed by atoms with van der Waals surface area (Å²) in [7, 11) is 1.39. The first-order chi connectivity index (χ1) is 26.3. The molecule has 0 aromatic heterocycles. The maximum absolute atomic E-state index is 14.3. The number of carbonyl (C=O) groups excluding carboxylic acids is 6. The van der Waals surface area contributed by atoms with E-state index in [-0.39, 0.29) is 48.4 Å². The van der Waals surface area contributed by atoms with Gasteiger partial charge in [0.15, 0.2) is 5.78 Å². The molecule has 1 aromatic carbocycles. The van der Waals surface area contributed by atoms with Crippen molar-refractivity contribution in [2.75, 3.05) is 20.3 Å². The number of ketones is 4. The number of carbonyl (C=O) groups is 6. The van der Waals surface area contributed by atoms with Crippen LogP contribution in [0.2, 0.25) is 0 Å². The number of nitrogens with one attached hydrogen (secondary N) is 2. The van der Waals surface area contributed by atoms with Crippen LogP contribution in [0.1, 0.15) is 91.0 Å². The van der Waals surface area contributed by atoms with Crippen molar-refractivity contribution in [3.63, 3.8) is 0 Å². The SMILES string of the molecule is CO[C@H]1/C=C/O[C@@]2(C)Oc3c(C)c(O)c4c(c3C2=O)C(=O)C(NCCCO)=C(NC(=O)/C(C)=C\C(=O)[C@@H]2C[C@@H]2[C@H](O)[C@@H](C)[C@@H](O)[C@@H](C)[C@H](OC(C)=O)[C@@H]1C)C4=O. The van der Waals surface area contributed by atoms with Crippen molar-refractivity contribution >= 4 is 35.0 Å². The van der Waals surface area contributed by atoms with E-state index < -0.39 is 123 Å². The first-order valence-electron chi connectivity index (χ1n) is 18.6. The van der Waals surface area contributed by atoms with Crippen LogP contribution in [-0.4, -0.2) is 106 Å². The Bertz CT molecular complexity index is 1930. The average molecular weight is 783 g/mol. The molecule has 10 atom stereocenters. The minimum absolute atomic E-state index is 0.0301. The Morgan fingerprint density at radius 1 is 1.00 bits per heavy atom. The molecule has 6 rings (SSSR count). The first-order valence-corrected chi connectivity index (χ1v) is 18.6. The van der Waals surface area contributed by atoms with Crippen molar-refractivity contribution in [2.24, 2.45) is 29.6 Å². The van der Waals surface area contributed by atoms with Gasteiger partial charge < -0.3 is 50.0 Å². The number of aromatic hydroxyl groups is 1. The van der Waals surface area contributed by atoms with E-state index in [1.165, 1.54) is 40.9 Å². The molecule has 0 unspecified atom stereocenters. The first kappa shape index (κ1) is 42.2. The number of methoxy groups -OCH3 is 1. The van der Waals surface area contributed by atoms with E-state index in [2.05, 4.69) is 10.6 Å². The molecular formula is C40H50N2O14. The number of amides is 1. The lowest BCUT2D eigenvalue weighted by molar-refractivity contribution is -0.160. The summed E-state index contributed by atoms with van der Waals surface area (Å²) in [5, 5.41) is 48.7. The Morgan fingerprint density at radius 3 is 2.30 bits per heavy atom. The van der Waals surface area contributed by atoms with E-state index in [1.54, 1.807) is 20.8 Å². The monoisotopic (exact) mass is 782 g/mol. The summed E-state index contributed by atoms with van der Waals surface area (Å²) in [6.45, 7) is 9.88. The normalized spacial score (nSPS) is 33.8. The Kier molecular flexibility index (Phi) is 12.3. The zero-order valence-electron chi connectivity index (χ0n) is 32.6. The highest BCUT2D eigenvalue weighted by molar-refractivity contribution is 6.32. The molecule has 0 radical (unpaired) electrons. The van der Waals surface area contributed by atoms with Crippen molar-refractivity contribution in [1.82, 2.24) is 10.6 Å². The largest absolute Gasteiger partial charge is 0.507 e. The molecule has 3 aliphatic heterocycles. The molecule has 1 amide bonds. The van der Waals surface area contributed by atoms with Crippen molar-refractivity contribution in [3.05, 3.63) is 57.6 Å². The number of aliphatic hydroxyl groups is 3. The van der Waals surface area contributed by atoms with Gasteiger partial charge in [-0.1, -0.05) is 20.8 Å². The van der Waals surface area contributed by atoms with Gasteiger partial charge in [-0.25, -0.2) is 0 Å². The van der Waals surface area contributed by atoms with Gasteiger partial charge in [0.2, 0.25) is 11.6 Å². The topological polar surface area (TPSA) is 244 Å². The summed E-state index contributed by atoms with van der Waals surface area (Å²) in [5.74, 6) is -11.3. The Morgan fingerprint density at radius 2 is 1.68 bits per heavy atom. The van der Waals surface area contributed by atoms with Gasteiger partial charge in [0.05, 0.1) is 41.3 Å². The fourth-order valence-corrected chi connectivity index (χ4v) is 7.80. The summed E-state index contributed by atoms with van der Waals surface area (Å²) < 4.78 is 23.2. The third kappa shape index (κ3) is 7.62. The zero-order chi connectivity index (χ0) is 41.5. The molecule has 1 aromatic rings. The second-order valence-electron chi connectivity index (χ2n) is 15.2. The molecule has 3 heterocycles. The number of benzene rings is 1. The van der Waals surface area contributed by atoms with Crippen LogP contribution in [0.4, 0.5) is 0 Å². The number of esters is 1. The minimum atomic E-state index is -2.12. The number of phenolic OH excluding ortho intramolecular Hbond substituents is 1. The molecule has 0 saturated heterocycles. The standard InChI is InChI=1S/C40H50N2O14/c1-16-14-24(45)22-15-23(22)32(47)18(3)31(46)19(4)36(55-21(6)44)17(2)25(53-8)10-13-54-40(7)38(51)28-26-27(33(48)20(5)37(28)56-40)35(50)30(42-39(16)52)29(34(26)49)41-11-9-12-43/h10,13-14,17-19,22-23,25,31-32,36,41,43,46-48H,9,11-12,15H2,1-8H3,(H,42,52)/b13-10+,16-14-/t17-,18+,19-,22-,23+,25+,31-,32-,36-,40+/m1/s1. The predicted octanol–water partition coefficient (Wildman–Crippen LogP) is 1.94. The summed E-state index contributed by atoms with van der Waals surface area (Å²) in [6, 6.07) is 0. The van der Waals surface area contributed by atoms with E-state index in [0.717, 1.165) is 12.3 Å². The van der Waals surface area contributed by atoms with Crippen LogP contribution < -0.4 is 15.4 Å². The molecule has 1 fully saturated rings. The molecule has 1 saturated carbocycles. The van der Waals surface area contributed by atoms with Crippen LogP contribution in [-0.2, 0) is 28.6 Å². The Labute approximate surface area is 323 Å². The molecular weight excluding hydrogens is 732 g/mol. The lowest BCUT2D eigenvalue weighted by Gasteiger charge is -2.37. The summed E-state index contributed by atoms with van der Waals surface area (Å²) in [5.41, 5.74) is -2.54. The lowest BCUT2D eigenvalue weighted by atomic mass is 9.79.